The van der Waals surface area contributed by atoms with Crippen molar-refractivity contribution >= 4 is 44.8 Å². The van der Waals surface area contributed by atoms with Gasteiger partial charge in [0.1, 0.15) is 0 Å². The molecule has 0 unspecified atom stereocenters. The second-order valence-electron chi connectivity index (χ2n) is 3.03. The zero-order valence-corrected chi connectivity index (χ0v) is 11.3. The lowest BCUT2D eigenvalue weighted by Crippen LogP contribution is -1.73. The predicted molar refractivity (Wildman–Crippen MR) is 74.6 cm³/mol. The summed E-state index contributed by atoms with van der Waals surface area (Å²) < 4.78 is 0. The highest BCUT2D eigenvalue weighted by molar-refractivity contribution is 8.76. The number of rotatable bonds is 3. The van der Waals surface area contributed by atoms with Crippen molar-refractivity contribution in [2.45, 2.75) is 9.79 Å². The fourth-order valence-corrected chi connectivity index (χ4v) is 3.81. The molecule has 0 nitrogen and oxygen atoms in total. The van der Waals surface area contributed by atoms with Crippen molar-refractivity contribution in [2.75, 3.05) is 0 Å². The lowest BCUT2D eigenvalue weighted by atomic mass is 10.4. The van der Waals surface area contributed by atoms with E-state index in [0.717, 1.165) is 4.90 Å². The average molecular weight is 287 g/mol. The van der Waals surface area contributed by atoms with E-state index >= 15 is 0 Å². The Balaban J connectivity index is 2.08. The van der Waals surface area contributed by atoms with E-state index in [0.29, 0.717) is 10.0 Å². The van der Waals surface area contributed by atoms with Crippen molar-refractivity contribution in [3.63, 3.8) is 0 Å². The van der Waals surface area contributed by atoms with E-state index in [1.807, 2.05) is 30.3 Å². The molecular formula is C12H8Cl2S2. The Morgan fingerprint density at radius 2 is 1.50 bits per heavy atom. The van der Waals surface area contributed by atoms with Gasteiger partial charge in [-0.1, -0.05) is 69.1 Å². The number of halogens is 2. The van der Waals surface area contributed by atoms with Gasteiger partial charge < -0.3 is 0 Å². The predicted octanol–water partition coefficient (Wildman–Crippen LogP) is 5.79. The summed E-state index contributed by atoms with van der Waals surface area (Å²) in [5, 5.41) is 1.22. The van der Waals surface area contributed by atoms with E-state index in [1.165, 1.54) is 4.90 Å². The molecular weight excluding hydrogens is 279 g/mol. The van der Waals surface area contributed by atoms with Crippen LogP contribution < -0.4 is 0 Å². The van der Waals surface area contributed by atoms with E-state index < -0.39 is 0 Å². The minimum atomic E-state index is 0.598. The average Bonchev–Trinajstić information content (AvgIpc) is 2.32. The topological polar surface area (TPSA) is 0 Å². The molecule has 82 valence electrons. The normalized spacial score (nSPS) is 10.4. The van der Waals surface area contributed by atoms with Crippen molar-refractivity contribution in [2.24, 2.45) is 0 Å². The Morgan fingerprint density at radius 1 is 0.750 bits per heavy atom. The van der Waals surface area contributed by atoms with Crippen molar-refractivity contribution in [3.8, 4) is 0 Å². The second-order valence-corrected chi connectivity index (χ2v) is 6.06. The van der Waals surface area contributed by atoms with Gasteiger partial charge in [0.2, 0.25) is 0 Å². The van der Waals surface area contributed by atoms with Crippen molar-refractivity contribution < 1.29 is 0 Å². The molecule has 0 amide bonds. The Kier molecular flexibility index (Phi) is 4.47. The molecule has 0 heterocycles. The Hall–Kier alpha value is -0.280. The fraction of sp³-hybridized carbons (Fsp3) is 0. The van der Waals surface area contributed by atoms with Crippen LogP contribution in [0.25, 0.3) is 0 Å². The molecule has 2 aromatic rings. The van der Waals surface area contributed by atoms with Crippen LogP contribution in [0.4, 0.5) is 0 Å². The molecule has 4 heteroatoms. The Morgan fingerprint density at radius 3 is 2.25 bits per heavy atom. The third-order valence-corrected chi connectivity index (χ3v) is 5.25. The monoisotopic (exact) mass is 286 g/mol. The van der Waals surface area contributed by atoms with Gasteiger partial charge in [-0.3, -0.25) is 0 Å². The summed E-state index contributed by atoms with van der Waals surface area (Å²) in [4.78, 5) is 2.19. The summed E-state index contributed by atoms with van der Waals surface area (Å²) in [6.07, 6.45) is 0. The maximum atomic E-state index is 6.09. The minimum Gasteiger partial charge on any atom is -0.0827 e. The molecule has 0 N–H and O–H groups in total. The molecule has 0 aliphatic carbocycles. The fourth-order valence-electron chi connectivity index (χ4n) is 1.12. The van der Waals surface area contributed by atoms with E-state index in [-0.39, 0.29) is 0 Å². The SMILES string of the molecule is Clc1cccc(SSc2ccccc2)c1Cl. The van der Waals surface area contributed by atoms with Gasteiger partial charge in [-0.2, -0.15) is 0 Å². The molecule has 0 bridgehead atoms. The molecule has 2 rings (SSSR count). The minimum absolute atomic E-state index is 0.598. The summed E-state index contributed by atoms with van der Waals surface area (Å²) in [6, 6.07) is 15.8. The first-order valence-corrected chi connectivity index (χ1v) is 7.51. The Labute approximate surface area is 113 Å². The second kappa shape index (κ2) is 5.87. The summed E-state index contributed by atoms with van der Waals surface area (Å²) in [6.45, 7) is 0. The van der Waals surface area contributed by atoms with Gasteiger partial charge in [-0.05, 0) is 24.3 Å². The van der Waals surface area contributed by atoms with Gasteiger partial charge >= 0.3 is 0 Å². The quantitative estimate of drug-likeness (QED) is 0.655. The number of hydrogen-bond acceptors (Lipinski definition) is 2. The van der Waals surface area contributed by atoms with Gasteiger partial charge in [-0.15, -0.1) is 0 Å². The third kappa shape index (κ3) is 3.11. The molecule has 0 aliphatic rings. The standard InChI is InChI=1S/C12H8Cl2S2/c13-10-7-4-8-11(12(10)14)16-15-9-5-2-1-3-6-9/h1-8H. The van der Waals surface area contributed by atoms with E-state index in [2.05, 4.69) is 12.1 Å². The van der Waals surface area contributed by atoms with Crippen LogP contribution in [0, 0.1) is 0 Å². The van der Waals surface area contributed by atoms with Gasteiger partial charge in [0.25, 0.3) is 0 Å². The summed E-state index contributed by atoms with van der Waals surface area (Å²) in [7, 11) is 3.28. The molecule has 16 heavy (non-hydrogen) atoms. The largest absolute Gasteiger partial charge is 0.0827 e. The maximum absolute atomic E-state index is 6.09. The lowest BCUT2D eigenvalue weighted by molar-refractivity contribution is 1.47. The third-order valence-electron chi connectivity index (χ3n) is 1.89. The van der Waals surface area contributed by atoms with Crippen LogP contribution in [0.3, 0.4) is 0 Å². The number of benzene rings is 2. The van der Waals surface area contributed by atoms with E-state index in [9.17, 15) is 0 Å². The van der Waals surface area contributed by atoms with Crippen LogP contribution in [-0.2, 0) is 0 Å². The highest BCUT2D eigenvalue weighted by atomic mass is 35.5. The van der Waals surface area contributed by atoms with Crippen LogP contribution in [0.5, 0.6) is 0 Å². The summed E-state index contributed by atoms with van der Waals surface area (Å²) >= 11 is 12.0. The van der Waals surface area contributed by atoms with Crippen molar-refractivity contribution in [1.29, 1.82) is 0 Å². The lowest BCUT2D eigenvalue weighted by Gasteiger charge is -2.04. The highest BCUT2D eigenvalue weighted by Gasteiger charge is 2.05. The van der Waals surface area contributed by atoms with Crippen LogP contribution in [0.1, 0.15) is 0 Å². The number of hydrogen-bond donors (Lipinski definition) is 0. The molecule has 0 radical (unpaired) electrons. The van der Waals surface area contributed by atoms with Crippen LogP contribution in [-0.4, -0.2) is 0 Å². The first-order chi connectivity index (χ1) is 7.77. The smallest absolute Gasteiger partial charge is 0.0736 e. The molecule has 0 spiro atoms. The van der Waals surface area contributed by atoms with E-state index in [4.69, 9.17) is 23.2 Å². The molecule has 0 saturated carbocycles. The molecule has 0 aliphatic heterocycles. The first-order valence-electron chi connectivity index (χ1n) is 4.61. The zero-order valence-electron chi connectivity index (χ0n) is 8.19. The van der Waals surface area contributed by atoms with Crippen LogP contribution >= 0.6 is 44.8 Å². The summed E-state index contributed by atoms with van der Waals surface area (Å²) in [5.41, 5.74) is 0. The molecule has 2 aromatic carbocycles. The van der Waals surface area contributed by atoms with E-state index in [1.54, 1.807) is 27.7 Å². The van der Waals surface area contributed by atoms with Gasteiger partial charge in [0.15, 0.2) is 0 Å². The molecule has 0 saturated heterocycles. The maximum Gasteiger partial charge on any atom is 0.0736 e. The highest BCUT2D eigenvalue weighted by Crippen LogP contribution is 2.42. The zero-order chi connectivity index (χ0) is 11.4. The summed E-state index contributed by atoms with van der Waals surface area (Å²) in [5.74, 6) is 0. The molecule has 0 aromatic heterocycles. The molecule has 0 atom stereocenters. The molecule has 0 fully saturated rings. The Bertz CT molecular complexity index is 472. The van der Waals surface area contributed by atoms with Crippen molar-refractivity contribution in [1.82, 2.24) is 0 Å². The van der Waals surface area contributed by atoms with Crippen molar-refractivity contribution in [3.05, 3.63) is 58.6 Å². The van der Waals surface area contributed by atoms with Gasteiger partial charge in [0, 0.05) is 9.79 Å². The van der Waals surface area contributed by atoms with Gasteiger partial charge in [0.05, 0.1) is 10.0 Å². The first kappa shape index (κ1) is 12.2. The van der Waals surface area contributed by atoms with Crippen LogP contribution in [0.2, 0.25) is 10.0 Å². The van der Waals surface area contributed by atoms with Gasteiger partial charge in [-0.25, -0.2) is 0 Å². The van der Waals surface area contributed by atoms with Crippen LogP contribution in [0.15, 0.2) is 58.3 Å².